The molecule has 0 bridgehead atoms. The molecule has 1 aromatic rings. The van der Waals surface area contributed by atoms with Crippen molar-refractivity contribution in [2.24, 2.45) is 0 Å². The molecule has 112 valence electrons. The Labute approximate surface area is 121 Å². The van der Waals surface area contributed by atoms with Crippen LogP contribution in [-0.4, -0.2) is 58.5 Å². The summed E-state index contributed by atoms with van der Waals surface area (Å²) in [7, 11) is 1.90. The Morgan fingerprint density at radius 1 is 1.30 bits per heavy atom. The lowest BCUT2D eigenvalue weighted by Gasteiger charge is -2.26. The number of amides is 1. The number of rotatable bonds is 5. The van der Waals surface area contributed by atoms with Gasteiger partial charge < -0.3 is 14.4 Å². The lowest BCUT2D eigenvalue weighted by molar-refractivity contribution is -0.133. The Morgan fingerprint density at radius 3 is 2.60 bits per heavy atom. The largest absolute Gasteiger partial charge is 0.343 e. The number of imidazole rings is 1. The number of aromatic nitrogens is 2. The van der Waals surface area contributed by atoms with Gasteiger partial charge in [-0.25, -0.2) is 4.98 Å². The van der Waals surface area contributed by atoms with E-state index in [2.05, 4.69) is 9.88 Å². The Bertz CT molecular complexity index is 396. The number of nitrogens with zero attached hydrogens (tertiary/aromatic N) is 4. The normalized spacial score (nSPS) is 18.5. The van der Waals surface area contributed by atoms with Gasteiger partial charge in [0, 0.05) is 32.5 Å². The van der Waals surface area contributed by atoms with Crippen LogP contribution in [0.25, 0.3) is 0 Å². The van der Waals surface area contributed by atoms with Gasteiger partial charge in [0.15, 0.2) is 0 Å². The fraction of sp³-hybridized carbons (Fsp3) is 0.733. The molecule has 1 aromatic heterocycles. The van der Waals surface area contributed by atoms with E-state index in [-0.39, 0.29) is 11.9 Å². The minimum absolute atomic E-state index is 0.151. The first kappa shape index (κ1) is 15.0. The number of carbonyl (C=O) groups is 1. The molecule has 1 saturated heterocycles. The van der Waals surface area contributed by atoms with Crippen LogP contribution in [0.2, 0.25) is 0 Å². The van der Waals surface area contributed by atoms with Gasteiger partial charge in [-0.1, -0.05) is 12.8 Å². The van der Waals surface area contributed by atoms with E-state index in [0.29, 0.717) is 0 Å². The number of likely N-dealkylation sites (N-methyl/N-ethyl adjacent to an activating group) is 1. The summed E-state index contributed by atoms with van der Waals surface area (Å²) in [6.45, 7) is 6.07. The van der Waals surface area contributed by atoms with Crippen molar-refractivity contribution in [2.45, 2.75) is 38.6 Å². The van der Waals surface area contributed by atoms with E-state index in [1.54, 1.807) is 12.5 Å². The maximum Gasteiger partial charge on any atom is 0.245 e. The molecular weight excluding hydrogens is 252 g/mol. The van der Waals surface area contributed by atoms with Crippen molar-refractivity contribution in [1.82, 2.24) is 19.4 Å². The second kappa shape index (κ2) is 7.43. The molecule has 2 heterocycles. The molecule has 0 N–H and O–H groups in total. The van der Waals surface area contributed by atoms with Crippen LogP contribution in [0, 0.1) is 0 Å². The van der Waals surface area contributed by atoms with E-state index in [1.165, 1.54) is 38.8 Å². The monoisotopic (exact) mass is 278 g/mol. The molecular formula is C15H26N4O. The molecule has 0 radical (unpaired) electrons. The van der Waals surface area contributed by atoms with Crippen molar-refractivity contribution >= 4 is 5.91 Å². The summed E-state index contributed by atoms with van der Waals surface area (Å²) in [5, 5.41) is 0. The van der Waals surface area contributed by atoms with Crippen molar-refractivity contribution in [3.63, 3.8) is 0 Å². The molecule has 0 saturated carbocycles. The quantitative estimate of drug-likeness (QED) is 0.824. The second-order valence-corrected chi connectivity index (χ2v) is 5.70. The van der Waals surface area contributed by atoms with Gasteiger partial charge in [-0.2, -0.15) is 0 Å². The smallest absolute Gasteiger partial charge is 0.245 e. The van der Waals surface area contributed by atoms with Gasteiger partial charge in [0.05, 0.1) is 6.33 Å². The Balaban J connectivity index is 1.78. The highest BCUT2D eigenvalue weighted by atomic mass is 16.2. The summed E-state index contributed by atoms with van der Waals surface area (Å²) in [5.41, 5.74) is 0. The number of hydrogen-bond acceptors (Lipinski definition) is 3. The zero-order valence-corrected chi connectivity index (χ0v) is 12.7. The first-order valence-corrected chi connectivity index (χ1v) is 7.63. The van der Waals surface area contributed by atoms with E-state index < -0.39 is 0 Å². The Kier molecular flexibility index (Phi) is 5.59. The van der Waals surface area contributed by atoms with Crippen LogP contribution in [-0.2, 0) is 4.79 Å². The highest BCUT2D eigenvalue weighted by Gasteiger charge is 2.19. The molecule has 5 heteroatoms. The lowest BCUT2D eigenvalue weighted by atomic mass is 10.2. The first-order valence-electron chi connectivity index (χ1n) is 7.63. The highest BCUT2D eigenvalue weighted by molar-refractivity contribution is 5.79. The van der Waals surface area contributed by atoms with Crippen molar-refractivity contribution in [3.05, 3.63) is 18.7 Å². The molecule has 1 fully saturated rings. The predicted octanol–water partition coefficient (Wildman–Crippen LogP) is 1.78. The first-order chi connectivity index (χ1) is 9.68. The maximum absolute atomic E-state index is 12.3. The van der Waals surface area contributed by atoms with Gasteiger partial charge in [0.25, 0.3) is 0 Å². The van der Waals surface area contributed by atoms with Crippen molar-refractivity contribution < 1.29 is 4.79 Å². The Hall–Kier alpha value is -1.36. The molecule has 0 aliphatic carbocycles. The van der Waals surface area contributed by atoms with Crippen molar-refractivity contribution in [2.75, 3.05) is 33.2 Å². The third-order valence-corrected chi connectivity index (χ3v) is 4.16. The summed E-state index contributed by atoms with van der Waals surface area (Å²) in [5.74, 6) is 0.151. The molecule has 20 heavy (non-hydrogen) atoms. The van der Waals surface area contributed by atoms with E-state index in [4.69, 9.17) is 0 Å². The van der Waals surface area contributed by atoms with Crippen LogP contribution in [0.3, 0.4) is 0 Å². The molecule has 1 aliphatic rings. The van der Waals surface area contributed by atoms with Gasteiger partial charge in [0.2, 0.25) is 5.91 Å². The van der Waals surface area contributed by atoms with Gasteiger partial charge >= 0.3 is 0 Å². The van der Waals surface area contributed by atoms with Crippen LogP contribution in [0.1, 0.15) is 38.6 Å². The summed E-state index contributed by atoms with van der Waals surface area (Å²) in [6.07, 6.45) is 10.5. The van der Waals surface area contributed by atoms with Crippen molar-refractivity contribution in [3.8, 4) is 0 Å². The average Bonchev–Trinajstić information content (AvgIpc) is 2.87. The predicted molar refractivity (Wildman–Crippen MR) is 79.5 cm³/mol. The van der Waals surface area contributed by atoms with Gasteiger partial charge in [-0.05, 0) is 32.9 Å². The molecule has 0 aromatic carbocycles. The maximum atomic E-state index is 12.3. The fourth-order valence-electron chi connectivity index (χ4n) is 2.71. The molecule has 0 spiro atoms. The van der Waals surface area contributed by atoms with E-state index >= 15 is 0 Å². The SMILES string of the molecule is CC(C(=O)N(C)CCN1CCCCCC1)n1ccnc1. The summed E-state index contributed by atoms with van der Waals surface area (Å²) in [6, 6.07) is -0.174. The fourth-order valence-corrected chi connectivity index (χ4v) is 2.71. The second-order valence-electron chi connectivity index (χ2n) is 5.70. The van der Waals surface area contributed by atoms with Gasteiger partial charge in [0.1, 0.15) is 6.04 Å². The highest BCUT2D eigenvalue weighted by Crippen LogP contribution is 2.11. The Morgan fingerprint density at radius 2 is 2.00 bits per heavy atom. The number of likely N-dealkylation sites (tertiary alicyclic amines) is 1. The van der Waals surface area contributed by atoms with Crippen LogP contribution in [0.4, 0.5) is 0 Å². The molecule has 1 atom stereocenters. The molecule has 5 nitrogen and oxygen atoms in total. The molecule has 1 aliphatic heterocycles. The van der Waals surface area contributed by atoms with E-state index in [0.717, 1.165) is 13.1 Å². The van der Waals surface area contributed by atoms with Crippen LogP contribution in [0.5, 0.6) is 0 Å². The molecule has 1 amide bonds. The molecule has 2 rings (SSSR count). The summed E-state index contributed by atoms with van der Waals surface area (Å²) >= 11 is 0. The minimum Gasteiger partial charge on any atom is -0.343 e. The van der Waals surface area contributed by atoms with E-state index in [1.807, 2.05) is 29.6 Å². The zero-order chi connectivity index (χ0) is 14.4. The van der Waals surface area contributed by atoms with Crippen LogP contribution >= 0.6 is 0 Å². The topological polar surface area (TPSA) is 41.4 Å². The number of carbonyl (C=O) groups excluding carboxylic acids is 1. The average molecular weight is 278 g/mol. The summed E-state index contributed by atoms with van der Waals surface area (Å²) in [4.78, 5) is 20.7. The zero-order valence-electron chi connectivity index (χ0n) is 12.7. The van der Waals surface area contributed by atoms with Crippen molar-refractivity contribution in [1.29, 1.82) is 0 Å². The number of hydrogen-bond donors (Lipinski definition) is 0. The van der Waals surface area contributed by atoms with E-state index in [9.17, 15) is 4.79 Å². The third kappa shape index (κ3) is 4.07. The minimum atomic E-state index is -0.174. The summed E-state index contributed by atoms with van der Waals surface area (Å²) < 4.78 is 1.85. The van der Waals surface area contributed by atoms with Gasteiger partial charge in [-0.15, -0.1) is 0 Å². The third-order valence-electron chi connectivity index (χ3n) is 4.16. The van der Waals surface area contributed by atoms with Crippen LogP contribution in [0.15, 0.2) is 18.7 Å². The van der Waals surface area contributed by atoms with Gasteiger partial charge in [-0.3, -0.25) is 4.79 Å². The standard InChI is InChI=1S/C15H26N4O/c1-14(19-10-7-16-13-19)15(20)17(2)11-12-18-8-5-3-4-6-9-18/h7,10,13-14H,3-6,8-9,11-12H2,1-2H3. The lowest BCUT2D eigenvalue weighted by Crippen LogP contribution is -2.39. The van der Waals surface area contributed by atoms with Crippen LogP contribution < -0.4 is 0 Å². The molecule has 1 unspecified atom stereocenters.